The molecule has 0 bridgehead atoms. The van der Waals surface area contributed by atoms with Gasteiger partial charge in [0.25, 0.3) is 5.19 Å². The van der Waals surface area contributed by atoms with Crippen molar-refractivity contribution in [3.8, 4) is 5.19 Å². The molecule has 0 atom stereocenters. The van der Waals surface area contributed by atoms with Gasteiger partial charge in [-0.25, -0.2) is 5.10 Å². The highest BCUT2D eigenvalue weighted by Gasteiger charge is 1.95. The molecule has 50 valence electrons. The first-order chi connectivity index (χ1) is 4.33. The molecular formula is C4H6N2O2S. The highest BCUT2D eigenvalue weighted by atomic mass is 32.1. The largest absolute Gasteiger partial charge is 0.469 e. The lowest BCUT2D eigenvalue weighted by atomic mass is 10.9. The van der Waals surface area contributed by atoms with Gasteiger partial charge in [0, 0.05) is 0 Å². The molecule has 1 aromatic heterocycles. The lowest BCUT2D eigenvalue weighted by Gasteiger charge is -1.90. The van der Waals surface area contributed by atoms with Crippen LogP contribution in [0.2, 0.25) is 0 Å². The lowest BCUT2D eigenvalue weighted by Crippen LogP contribution is -1.91. The van der Waals surface area contributed by atoms with Crippen LogP contribution in [0.15, 0.2) is 4.79 Å². The Hall–Kier alpha value is -0.840. The van der Waals surface area contributed by atoms with Crippen LogP contribution in [0.4, 0.5) is 0 Å². The summed E-state index contributed by atoms with van der Waals surface area (Å²) in [4.78, 5) is 10.2. The van der Waals surface area contributed by atoms with Crippen molar-refractivity contribution in [3.63, 3.8) is 0 Å². The average molecular weight is 146 g/mol. The number of H-pyrrole nitrogens is 1. The van der Waals surface area contributed by atoms with Gasteiger partial charge in [-0.15, -0.1) is 5.10 Å². The van der Waals surface area contributed by atoms with Crippen molar-refractivity contribution in [1.29, 1.82) is 0 Å². The normalized spacial score (nSPS) is 9.44. The highest BCUT2D eigenvalue weighted by Crippen LogP contribution is 2.05. The molecule has 0 aromatic carbocycles. The molecular weight excluding hydrogens is 140 g/mol. The Morgan fingerprint density at radius 1 is 1.89 bits per heavy atom. The third-order valence-electron chi connectivity index (χ3n) is 0.686. The predicted octanol–water partition coefficient (Wildman–Crippen LogP) is 0.230. The highest BCUT2D eigenvalue weighted by molar-refractivity contribution is 7.10. The smallest absolute Gasteiger partial charge is 0.325 e. The molecule has 5 heteroatoms. The quantitative estimate of drug-likeness (QED) is 0.649. The van der Waals surface area contributed by atoms with Crippen LogP contribution in [0.1, 0.15) is 6.92 Å². The van der Waals surface area contributed by atoms with Gasteiger partial charge in [-0.1, -0.05) is 0 Å². The van der Waals surface area contributed by atoms with Crippen molar-refractivity contribution in [3.05, 3.63) is 9.67 Å². The number of nitrogens with one attached hydrogen (secondary N) is 1. The molecule has 0 amide bonds. The fourth-order valence-corrected chi connectivity index (χ4v) is 0.919. The number of aromatic amines is 1. The van der Waals surface area contributed by atoms with E-state index in [1.54, 1.807) is 0 Å². The molecule has 0 fully saturated rings. The summed E-state index contributed by atoms with van der Waals surface area (Å²) in [6.45, 7) is 2.38. The maximum atomic E-state index is 10.4. The zero-order valence-electron chi connectivity index (χ0n) is 4.88. The number of aromatic nitrogens is 2. The molecule has 0 spiro atoms. The van der Waals surface area contributed by atoms with Gasteiger partial charge in [0.1, 0.15) is 0 Å². The van der Waals surface area contributed by atoms with Crippen LogP contribution in [0.5, 0.6) is 5.19 Å². The minimum Gasteiger partial charge on any atom is -0.469 e. The first kappa shape index (κ1) is 6.28. The second-order valence-corrected chi connectivity index (χ2v) is 2.24. The summed E-state index contributed by atoms with van der Waals surface area (Å²) in [6.07, 6.45) is 0. The van der Waals surface area contributed by atoms with Crippen molar-refractivity contribution < 1.29 is 4.74 Å². The summed E-state index contributed by atoms with van der Waals surface area (Å²) in [5, 5.41) is 6.21. The topological polar surface area (TPSA) is 55.0 Å². The second kappa shape index (κ2) is 2.63. The van der Waals surface area contributed by atoms with E-state index >= 15 is 0 Å². The molecule has 1 rings (SSSR count). The van der Waals surface area contributed by atoms with Gasteiger partial charge in [-0.2, -0.15) is 0 Å². The molecule has 0 saturated heterocycles. The zero-order valence-corrected chi connectivity index (χ0v) is 5.70. The van der Waals surface area contributed by atoms with Gasteiger partial charge in [0.15, 0.2) is 0 Å². The van der Waals surface area contributed by atoms with E-state index in [-0.39, 0.29) is 4.87 Å². The van der Waals surface area contributed by atoms with Gasteiger partial charge >= 0.3 is 4.87 Å². The molecule has 0 saturated carbocycles. The summed E-state index contributed by atoms with van der Waals surface area (Å²) in [5.41, 5.74) is 0. The lowest BCUT2D eigenvalue weighted by molar-refractivity contribution is 0.335. The van der Waals surface area contributed by atoms with Crippen LogP contribution in [0.25, 0.3) is 0 Å². The van der Waals surface area contributed by atoms with E-state index in [4.69, 9.17) is 4.74 Å². The fourth-order valence-electron chi connectivity index (χ4n) is 0.401. The summed E-state index contributed by atoms with van der Waals surface area (Å²) >= 11 is 0.968. The van der Waals surface area contributed by atoms with Crippen molar-refractivity contribution in [2.24, 2.45) is 0 Å². The molecule has 1 N–H and O–H groups in total. The molecule has 0 radical (unpaired) electrons. The van der Waals surface area contributed by atoms with E-state index in [2.05, 4.69) is 10.2 Å². The zero-order chi connectivity index (χ0) is 6.69. The molecule has 1 aromatic rings. The van der Waals surface area contributed by atoms with Crippen molar-refractivity contribution >= 4 is 11.3 Å². The second-order valence-electron chi connectivity index (χ2n) is 1.31. The SMILES string of the molecule is CCOc1n[nH]c(=O)s1. The standard InChI is InChI=1S/C4H6N2O2S/c1-2-8-4-6-5-3(7)9-4/h2H2,1H3,(H,5,7). The average Bonchev–Trinajstić information content (AvgIpc) is 2.17. The number of nitrogens with zero attached hydrogens (tertiary/aromatic N) is 1. The van der Waals surface area contributed by atoms with E-state index in [0.717, 1.165) is 11.3 Å². The molecule has 4 nitrogen and oxygen atoms in total. The Kier molecular flexibility index (Phi) is 1.84. The Morgan fingerprint density at radius 2 is 2.67 bits per heavy atom. The van der Waals surface area contributed by atoms with Crippen LogP contribution in [-0.2, 0) is 0 Å². The predicted molar refractivity (Wildman–Crippen MR) is 33.9 cm³/mol. The van der Waals surface area contributed by atoms with E-state index in [0.29, 0.717) is 11.8 Å². The van der Waals surface area contributed by atoms with Crippen LogP contribution >= 0.6 is 11.3 Å². The van der Waals surface area contributed by atoms with Crippen molar-refractivity contribution in [2.45, 2.75) is 6.92 Å². The van der Waals surface area contributed by atoms with Gasteiger partial charge in [0.2, 0.25) is 0 Å². The molecule has 1 heterocycles. The van der Waals surface area contributed by atoms with Crippen LogP contribution in [0.3, 0.4) is 0 Å². The summed E-state index contributed by atoms with van der Waals surface area (Å²) in [6, 6.07) is 0. The Bertz CT molecular complexity index is 228. The molecule has 9 heavy (non-hydrogen) atoms. The summed E-state index contributed by atoms with van der Waals surface area (Å²) in [5.74, 6) is 0. The van der Waals surface area contributed by atoms with E-state index in [1.807, 2.05) is 6.92 Å². The molecule has 0 aliphatic heterocycles. The Balaban J connectivity index is 2.73. The van der Waals surface area contributed by atoms with Gasteiger partial charge < -0.3 is 4.74 Å². The molecule has 0 unspecified atom stereocenters. The Labute approximate surface area is 55.5 Å². The van der Waals surface area contributed by atoms with Crippen molar-refractivity contribution in [2.75, 3.05) is 6.61 Å². The third-order valence-corrected chi connectivity index (χ3v) is 1.35. The maximum absolute atomic E-state index is 10.4. The van der Waals surface area contributed by atoms with E-state index in [1.165, 1.54) is 0 Å². The first-order valence-electron chi connectivity index (χ1n) is 2.51. The summed E-state index contributed by atoms with van der Waals surface area (Å²) < 4.78 is 4.90. The minimum absolute atomic E-state index is 0.182. The first-order valence-corrected chi connectivity index (χ1v) is 3.33. The number of hydrogen-bond acceptors (Lipinski definition) is 4. The van der Waals surface area contributed by atoms with Gasteiger partial charge in [-0.3, -0.25) is 4.79 Å². The minimum atomic E-state index is -0.182. The van der Waals surface area contributed by atoms with Crippen LogP contribution in [-0.4, -0.2) is 16.8 Å². The third kappa shape index (κ3) is 1.53. The number of ether oxygens (including phenoxy) is 1. The Morgan fingerprint density at radius 3 is 3.11 bits per heavy atom. The van der Waals surface area contributed by atoms with Crippen molar-refractivity contribution in [1.82, 2.24) is 10.2 Å². The van der Waals surface area contributed by atoms with Crippen LogP contribution < -0.4 is 9.61 Å². The number of hydrogen-bond donors (Lipinski definition) is 1. The summed E-state index contributed by atoms with van der Waals surface area (Å²) in [7, 11) is 0. The van der Waals surface area contributed by atoms with Gasteiger partial charge in [0.05, 0.1) is 6.61 Å². The van der Waals surface area contributed by atoms with E-state index in [9.17, 15) is 4.79 Å². The fraction of sp³-hybridized carbons (Fsp3) is 0.500. The van der Waals surface area contributed by atoms with E-state index < -0.39 is 0 Å². The maximum Gasteiger partial charge on any atom is 0.325 e. The molecule has 0 aliphatic carbocycles. The molecule has 0 aliphatic rings. The number of rotatable bonds is 2. The van der Waals surface area contributed by atoms with Crippen LogP contribution in [0, 0.1) is 0 Å². The van der Waals surface area contributed by atoms with Gasteiger partial charge in [-0.05, 0) is 18.3 Å². The monoisotopic (exact) mass is 146 g/mol.